The molecule has 0 spiro atoms. The number of nitrogens with one attached hydrogen (secondary N) is 1. The van der Waals surface area contributed by atoms with Crippen molar-refractivity contribution in [2.45, 2.75) is 32.7 Å². The van der Waals surface area contributed by atoms with Gasteiger partial charge in [0.25, 0.3) is 6.43 Å². The van der Waals surface area contributed by atoms with Crippen LogP contribution in [0.25, 0.3) is 0 Å². The zero-order chi connectivity index (χ0) is 9.40. The van der Waals surface area contributed by atoms with E-state index in [0.717, 1.165) is 13.0 Å². The molecule has 0 aliphatic carbocycles. The molecule has 0 bridgehead atoms. The van der Waals surface area contributed by atoms with Crippen molar-refractivity contribution in [3.63, 3.8) is 0 Å². The Labute approximate surface area is 72.3 Å². The summed E-state index contributed by atoms with van der Waals surface area (Å²) < 4.78 is 27.8. The summed E-state index contributed by atoms with van der Waals surface area (Å²) in [7, 11) is 0. The maximum absolute atomic E-state index is 11.5. The van der Waals surface area contributed by atoms with Crippen molar-refractivity contribution in [2.75, 3.05) is 19.8 Å². The molecular formula is C8H17F2NO. The van der Waals surface area contributed by atoms with E-state index >= 15 is 0 Å². The molecule has 0 atom stereocenters. The first-order valence-corrected chi connectivity index (χ1v) is 4.22. The fraction of sp³-hybridized carbons (Fsp3) is 1.00. The van der Waals surface area contributed by atoms with Crippen LogP contribution < -0.4 is 5.32 Å². The lowest BCUT2D eigenvalue weighted by Gasteiger charge is -2.07. The first-order valence-electron chi connectivity index (χ1n) is 4.22. The SMILES string of the molecule is CC(C)NCCCOCC(F)F. The monoisotopic (exact) mass is 181 g/mol. The third-order valence-corrected chi connectivity index (χ3v) is 1.26. The predicted molar refractivity (Wildman–Crippen MR) is 44.6 cm³/mol. The van der Waals surface area contributed by atoms with Crippen LogP contribution in [0.15, 0.2) is 0 Å². The fourth-order valence-electron chi connectivity index (χ4n) is 0.737. The van der Waals surface area contributed by atoms with Gasteiger partial charge >= 0.3 is 0 Å². The Morgan fingerprint density at radius 2 is 2.00 bits per heavy atom. The Hall–Kier alpha value is -0.220. The molecule has 0 radical (unpaired) electrons. The first kappa shape index (κ1) is 11.8. The van der Waals surface area contributed by atoms with Gasteiger partial charge in [-0.1, -0.05) is 13.8 Å². The molecule has 12 heavy (non-hydrogen) atoms. The Balaban J connectivity index is 2.91. The molecule has 0 saturated carbocycles. The molecular weight excluding hydrogens is 164 g/mol. The second kappa shape index (κ2) is 7.43. The predicted octanol–water partition coefficient (Wildman–Crippen LogP) is 1.66. The minimum absolute atomic E-state index is 0.407. The molecule has 0 unspecified atom stereocenters. The van der Waals surface area contributed by atoms with Crippen molar-refractivity contribution < 1.29 is 13.5 Å². The molecule has 4 heteroatoms. The van der Waals surface area contributed by atoms with Crippen LogP contribution in [-0.2, 0) is 4.74 Å². The number of alkyl halides is 2. The number of hydrogen-bond acceptors (Lipinski definition) is 2. The molecule has 0 amide bonds. The van der Waals surface area contributed by atoms with Gasteiger partial charge in [0.1, 0.15) is 6.61 Å². The van der Waals surface area contributed by atoms with E-state index in [0.29, 0.717) is 12.6 Å². The van der Waals surface area contributed by atoms with Gasteiger partial charge in [-0.2, -0.15) is 0 Å². The lowest BCUT2D eigenvalue weighted by molar-refractivity contribution is 0.0167. The molecule has 0 aromatic carbocycles. The number of rotatable bonds is 7. The highest BCUT2D eigenvalue weighted by atomic mass is 19.3. The smallest absolute Gasteiger partial charge is 0.261 e. The second-order valence-electron chi connectivity index (χ2n) is 2.93. The maximum atomic E-state index is 11.5. The van der Waals surface area contributed by atoms with Crippen molar-refractivity contribution in [1.29, 1.82) is 0 Å². The van der Waals surface area contributed by atoms with Gasteiger partial charge < -0.3 is 10.1 Å². The molecule has 2 nitrogen and oxygen atoms in total. The Morgan fingerprint density at radius 3 is 2.50 bits per heavy atom. The molecule has 0 aromatic heterocycles. The van der Waals surface area contributed by atoms with Crippen LogP contribution >= 0.6 is 0 Å². The standard InChI is InChI=1S/C8H17F2NO/c1-7(2)11-4-3-5-12-6-8(9)10/h7-8,11H,3-6H2,1-2H3. The minimum Gasteiger partial charge on any atom is -0.375 e. The largest absolute Gasteiger partial charge is 0.375 e. The highest BCUT2D eigenvalue weighted by molar-refractivity contribution is 4.51. The van der Waals surface area contributed by atoms with Crippen LogP contribution in [0.3, 0.4) is 0 Å². The lowest BCUT2D eigenvalue weighted by atomic mass is 10.3. The molecule has 0 heterocycles. The quantitative estimate of drug-likeness (QED) is 0.603. The lowest BCUT2D eigenvalue weighted by Crippen LogP contribution is -2.24. The summed E-state index contributed by atoms with van der Waals surface area (Å²) in [5, 5.41) is 3.17. The van der Waals surface area contributed by atoms with Crippen LogP contribution in [-0.4, -0.2) is 32.2 Å². The highest BCUT2D eigenvalue weighted by Gasteiger charge is 2.00. The summed E-state index contributed by atoms with van der Waals surface area (Å²) in [5.74, 6) is 0. The van der Waals surface area contributed by atoms with Crippen molar-refractivity contribution in [2.24, 2.45) is 0 Å². The molecule has 0 aliphatic heterocycles. The van der Waals surface area contributed by atoms with E-state index in [9.17, 15) is 8.78 Å². The van der Waals surface area contributed by atoms with Gasteiger partial charge in [0.15, 0.2) is 0 Å². The normalized spacial score (nSPS) is 11.5. The van der Waals surface area contributed by atoms with Crippen LogP contribution in [0.5, 0.6) is 0 Å². The summed E-state index contributed by atoms with van der Waals surface area (Å²) in [6, 6.07) is 0.445. The van der Waals surface area contributed by atoms with Gasteiger partial charge in [0.05, 0.1) is 0 Å². The molecule has 0 aliphatic rings. The van der Waals surface area contributed by atoms with Crippen molar-refractivity contribution in [3.05, 3.63) is 0 Å². The van der Waals surface area contributed by atoms with E-state index in [-0.39, 0.29) is 0 Å². The van der Waals surface area contributed by atoms with Gasteiger partial charge in [-0.3, -0.25) is 0 Å². The zero-order valence-corrected chi connectivity index (χ0v) is 7.65. The Morgan fingerprint density at radius 1 is 1.33 bits per heavy atom. The van der Waals surface area contributed by atoms with Gasteiger partial charge in [0, 0.05) is 12.6 Å². The second-order valence-corrected chi connectivity index (χ2v) is 2.93. The zero-order valence-electron chi connectivity index (χ0n) is 7.65. The average Bonchev–Trinajstić information content (AvgIpc) is 1.95. The van der Waals surface area contributed by atoms with Crippen LogP contribution in [0.2, 0.25) is 0 Å². The first-order chi connectivity index (χ1) is 5.63. The van der Waals surface area contributed by atoms with E-state index in [2.05, 4.69) is 10.1 Å². The minimum atomic E-state index is -2.34. The summed E-state index contributed by atoms with van der Waals surface area (Å²) in [6.45, 7) is 4.87. The van der Waals surface area contributed by atoms with Crippen molar-refractivity contribution in [3.8, 4) is 0 Å². The summed E-state index contributed by atoms with van der Waals surface area (Å²) in [6.07, 6.45) is -1.56. The summed E-state index contributed by atoms with van der Waals surface area (Å²) >= 11 is 0. The molecule has 0 fully saturated rings. The van der Waals surface area contributed by atoms with Crippen LogP contribution in [0.4, 0.5) is 8.78 Å². The van der Waals surface area contributed by atoms with Gasteiger partial charge in [-0.15, -0.1) is 0 Å². The molecule has 0 aromatic rings. The van der Waals surface area contributed by atoms with E-state index in [1.54, 1.807) is 0 Å². The third-order valence-electron chi connectivity index (χ3n) is 1.26. The third kappa shape index (κ3) is 9.78. The number of ether oxygens (including phenoxy) is 1. The van der Waals surface area contributed by atoms with Gasteiger partial charge in [0.2, 0.25) is 0 Å². The van der Waals surface area contributed by atoms with Gasteiger partial charge in [-0.05, 0) is 13.0 Å². The molecule has 74 valence electrons. The summed E-state index contributed by atoms with van der Waals surface area (Å²) in [5.41, 5.74) is 0. The maximum Gasteiger partial charge on any atom is 0.261 e. The Bertz CT molecular complexity index is 87.1. The van der Waals surface area contributed by atoms with Gasteiger partial charge in [-0.25, -0.2) is 8.78 Å². The average molecular weight is 181 g/mol. The fourth-order valence-corrected chi connectivity index (χ4v) is 0.737. The van der Waals surface area contributed by atoms with Crippen molar-refractivity contribution >= 4 is 0 Å². The highest BCUT2D eigenvalue weighted by Crippen LogP contribution is 1.93. The molecule has 0 saturated heterocycles. The summed E-state index contributed by atoms with van der Waals surface area (Å²) in [4.78, 5) is 0. The molecule has 0 rings (SSSR count). The van der Waals surface area contributed by atoms with Crippen molar-refractivity contribution in [1.82, 2.24) is 5.32 Å². The van der Waals surface area contributed by atoms with E-state index in [1.807, 2.05) is 13.8 Å². The Kier molecular flexibility index (Phi) is 7.29. The van der Waals surface area contributed by atoms with E-state index in [4.69, 9.17) is 0 Å². The molecule has 1 N–H and O–H groups in total. The van der Waals surface area contributed by atoms with Crippen LogP contribution in [0, 0.1) is 0 Å². The topological polar surface area (TPSA) is 21.3 Å². The number of hydrogen-bond donors (Lipinski definition) is 1. The number of halogens is 2. The van der Waals surface area contributed by atoms with E-state index < -0.39 is 13.0 Å². The van der Waals surface area contributed by atoms with E-state index in [1.165, 1.54) is 0 Å². The van der Waals surface area contributed by atoms with Crippen LogP contribution in [0.1, 0.15) is 20.3 Å².